The molecule has 3 N–H and O–H groups in total. The van der Waals surface area contributed by atoms with Gasteiger partial charge in [-0.2, -0.15) is 4.98 Å². The Balaban J connectivity index is 2.28. The summed E-state index contributed by atoms with van der Waals surface area (Å²) in [6.07, 6.45) is 0. The van der Waals surface area contributed by atoms with Gasteiger partial charge in [0.15, 0.2) is 5.82 Å². The minimum atomic E-state index is -0.213. The number of aromatic nitrogens is 2. The molecule has 0 unspecified atom stereocenters. The molecule has 5 nitrogen and oxygen atoms in total. The SMILES string of the molecule is Cc1noc(CNCC(C)(C)N)n1. The van der Waals surface area contributed by atoms with Crippen LogP contribution in [-0.2, 0) is 6.54 Å². The van der Waals surface area contributed by atoms with E-state index in [1.54, 1.807) is 6.92 Å². The summed E-state index contributed by atoms with van der Waals surface area (Å²) in [6.45, 7) is 6.99. The van der Waals surface area contributed by atoms with Gasteiger partial charge in [-0.1, -0.05) is 5.16 Å². The van der Waals surface area contributed by atoms with Crippen LogP contribution in [0.1, 0.15) is 25.6 Å². The highest BCUT2D eigenvalue weighted by Gasteiger charge is 2.10. The third-order valence-corrected chi connectivity index (χ3v) is 1.43. The van der Waals surface area contributed by atoms with Crippen LogP contribution in [-0.4, -0.2) is 22.2 Å². The van der Waals surface area contributed by atoms with Gasteiger partial charge in [-0.05, 0) is 20.8 Å². The third kappa shape index (κ3) is 4.00. The van der Waals surface area contributed by atoms with Crippen molar-refractivity contribution in [2.24, 2.45) is 5.73 Å². The average Bonchev–Trinajstić information content (AvgIpc) is 2.33. The maximum Gasteiger partial charge on any atom is 0.240 e. The lowest BCUT2D eigenvalue weighted by Crippen LogP contribution is -2.42. The summed E-state index contributed by atoms with van der Waals surface area (Å²) in [5.74, 6) is 1.26. The lowest BCUT2D eigenvalue weighted by Gasteiger charge is -2.17. The molecule has 0 saturated carbocycles. The monoisotopic (exact) mass is 184 g/mol. The molecule has 1 rings (SSSR count). The summed E-state index contributed by atoms with van der Waals surface area (Å²) in [4.78, 5) is 4.05. The summed E-state index contributed by atoms with van der Waals surface area (Å²) in [5, 5.41) is 6.81. The van der Waals surface area contributed by atoms with Crippen LogP contribution in [0.15, 0.2) is 4.52 Å². The number of aryl methyl sites for hydroxylation is 1. The van der Waals surface area contributed by atoms with Crippen LogP contribution < -0.4 is 11.1 Å². The molecule has 74 valence electrons. The van der Waals surface area contributed by atoms with E-state index >= 15 is 0 Å². The second kappa shape index (κ2) is 3.85. The predicted molar refractivity (Wildman–Crippen MR) is 49.0 cm³/mol. The van der Waals surface area contributed by atoms with Crippen LogP contribution >= 0.6 is 0 Å². The van der Waals surface area contributed by atoms with Gasteiger partial charge in [0.25, 0.3) is 0 Å². The Labute approximate surface area is 77.7 Å². The van der Waals surface area contributed by atoms with E-state index in [1.807, 2.05) is 13.8 Å². The number of nitrogens with two attached hydrogens (primary N) is 1. The maximum atomic E-state index is 5.78. The zero-order valence-electron chi connectivity index (χ0n) is 8.29. The Bertz CT molecular complexity index is 263. The lowest BCUT2D eigenvalue weighted by molar-refractivity contribution is 0.355. The van der Waals surface area contributed by atoms with Crippen molar-refractivity contribution in [1.29, 1.82) is 0 Å². The minimum absolute atomic E-state index is 0.213. The standard InChI is InChI=1S/C8H16N4O/c1-6-11-7(13-12-6)4-10-5-8(2,3)9/h10H,4-5,9H2,1-3H3. The first-order valence-electron chi connectivity index (χ1n) is 4.26. The molecule has 0 aromatic carbocycles. The van der Waals surface area contributed by atoms with Gasteiger partial charge in [0.05, 0.1) is 6.54 Å². The molecule has 0 saturated heterocycles. The second-order valence-corrected chi connectivity index (χ2v) is 3.83. The fourth-order valence-electron chi connectivity index (χ4n) is 0.903. The van der Waals surface area contributed by atoms with Crippen molar-refractivity contribution in [3.63, 3.8) is 0 Å². The molecule has 0 bridgehead atoms. The highest BCUT2D eigenvalue weighted by molar-refractivity contribution is 4.83. The largest absolute Gasteiger partial charge is 0.338 e. The summed E-state index contributed by atoms with van der Waals surface area (Å²) in [7, 11) is 0. The van der Waals surface area contributed by atoms with Gasteiger partial charge < -0.3 is 15.6 Å². The quantitative estimate of drug-likeness (QED) is 0.699. The highest BCUT2D eigenvalue weighted by Crippen LogP contribution is 1.97. The van der Waals surface area contributed by atoms with E-state index in [0.717, 1.165) is 0 Å². The van der Waals surface area contributed by atoms with Crippen LogP contribution in [0.3, 0.4) is 0 Å². The van der Waals surface area contributed by atoms with Gasteiger partial charge in [0, 0.05) is 12.1 Å². The van der Waals surface area contributed by atoms with E-state index in [2.05, 4.69) is 15.5 Å². The van der Waals surface area contributed by atoms with E-state index in [4.69, 9.17) is 10.3 Å². The number of nitrogens with one attached hydrogen (secondary N) is 1. The summed E-state index contributed by atoms with van der Waals surface area (Å²) in [6, 6.07) is 0. The van der Waals surface area contributed by atoms with Gasteiger partial charge in [0.1, 0.15) is 0 Å². The number of rotatable bonds is 4. The van der Waals surface area contributed by atoms with Crippen LogP contribution in [0.4, 0.5) is 0 Å². The molecular weight excluding hydrogens is 168 g/mol. The van der Waals surface area contributed by atoms with Crippen LogP contribution in [0.5, 0.6) is 0 Å². The van der Waals surface area contributed by atoms with Gasteiger partial charge in [-0.3, -0.25) is 0 Å². The molecule has 13 heavy (non-hydrogen) atoms. The Morgan fingerprint density at radius 3 is 2.69 bits per heavy atom. The first-order chi connectivity index (χ1) is 5.97. The molecule has 0 fully saturated rings. The number of hydrogen-bond acceptors (Lipinski definition) is 5. The molecule has 0 spiro atoms. The molecule has 1 heterocycles. The normalized spacial score (nSPS) is 12.0. The van der Waals surface area contributed by atoms with E-state index in [-0.39, 0.29) is 5.54 Å². The fraction of sp³-hybridized carbons (Fsp3) is 0.750. The number of nitrogens with zero attached hydrogens (tertiary/aromatic N) is 2. The Morgan fingerprint density at radius 1 is 1.54 bits per heavy atom. The van der Waals surface area contributed by atoms with E-state index in [1.165, 1.54) is 0 Å². The zero-order valence-corrected chi connectivity index (χ0v) is 8.29. The minimum Gasteiger partial charge on any atom is -0.338 e. The van der Waals surface area contributed by atoms with Crippen molar-refractivity contribution >= 4 is 0 Å². The molecule has 0 radical (unpaired) electrons. The second-order valence-electron chi connectivity index (χ2n) is 3.83. The molecule has 1 aromatic rings. The van der Waals surface area contributed by atoms with Crippen molar-refractivity contribution in [2.75, 3.05) is 6.54 Å². The van der Waals surface area contributed by atoms with Crippen molar-refractivity contribution in [3.8, 4) is 0 Å². The van der Waals surface area contributed by atoms with Crippen LogP contribution in [0.25, 0.3) is 0 Å². The van der Waals surface area contributed by atoms with Crippen molar-refractivity contribution in [1.82, 2.24) is 15.5 Å². The molecule has 1 aromatic heterocycles. The zero-order chi connectivity index (χ0) is 9.90. The summed E-state index contributed by atoms with van der Waals surface area (Å²) < 4.78 is 4.91. The topological polar surface area (TPSA) is 77.0 Å². The van der Waals surface area contributed by atoms with E-state index in [9.17, 15) is 0 Å². The molecule has 0 atom stereocenters. The molecule has 5 heteroatoms. The van der Waals surface area contributed by atoms with Gasteiger partial charge >= 0.3 is 0 Å². The Kier molecular flexibility index (Phi) is 3.00. The third-order valence-electron chi connectivity index (χ3n) is 1.43. The molecule has 0 amide bonds. The number of hydrogen-bond donors (Lipinski definition) is 2. The molecule has 0 aliphatic carbocycles. The van der Waals surface area contributed by atoms with Crippen molar-refractivity contribution < 1.29 is 4.52 Å². The maximum absolute atomic E-state index is 5.78. The molecule has 0 aliphatic heterocycles. The smallest absolute Gasteiger partial charge is 0.240 e. The van der Waals surface area contributed by atoms with Crippen LogP contribution in [0, 0.1) is 6.92 Å². The Hall–Kier alpha value is -0.940. The Morgan fingerprint density at radius 2 is 2.23 bits per heavy atom. The molecule has 0 aliphatic rings. The van der Waals surface area contributed by atoms with E-state index in [0.29, 0.717) is 24.8 Å². The van der Waals surface area contributed by atoms with Crippen LogP contribution in [0.2, 0.25) is 0 Å². The highest BCUT2D eigenvalue weighted by atomic mass is 16.5. The van der Waals surface area contributed by atoms with Gasteiger partial charge in [0.2, 0.25) is 5.89 Å². The summed E-state index contributed by atoms with van der Waals surface area (Å²) >= 11 is 0. The van der Waals surface area contributed by atoms with Crippen molar-refractivity contribution in [2.45, 2.75) is 32.9 Å². The average molecular weight is 184 g/mol. The summed E-state index contributed by atoms with van der Waals surface area (Å²) in [5.41, 5.74) is 5.56. The van der Waals surface area contributed by atoms with E-state index < -0.39 is 0 Å². The van der Waals surface area contributed by atoms with Gasteiger partial charge in [-0.25, -0.2) is 0 Å². The fourth-order valence-corrected chi connectivity index (χ4v) is 0.903. The first kappa shape index (κ1) is 10.1. The van der Waals surface area contributed by atoms with Crippen molar-refractivity contribution in [3.05, 3.63) is 11.7 Å². The van der Waals surface area contributed by atoms with Gasteiger partial charge in [-0.15, -0.1) is 0 Å². The predicted octanol–water partition coefficient (Wildman–Crippen LogP) is 0.205. The lowest BCUT2D eigenvalue weighted by atomic mass is 10.1. The first-order valence-corrected chi connectivity index (χ1v) is 4.26. The molecular formula is C8H16N4O.